The van der Waals surface area contributed by atoms with Gasteiger partial charge in [0.05, 0.1) is 12.2 Å². The van der Waals surface area contributed by atoms with E-state index in [1.165, 1.54) is 18.2 Å². The normalized spacial score (nSPS) is 10.6. The molecule has 1 amide bonds. The largest absolute Gasteiger partial charge is 0.375 e. The summed E-state index contributed by atoms with van der Waals surface area (Å²) in [6, 6.07) is 10.2. The molecule has 1 N–H and O–H groups in total. The van der Waals surface area contributed by atoms with E-state index in [1.807, 2.05) is 29.8 Å². The van der Waals surface area contributed by atoms with Gasteiger partial charge in [-0.3, -0.25) is 9.48 Å². The Kier molecular flexibility index (Phi) is 5.11. The molecule has 0 atom stereocenters. The zero-order valence-corrected chi connectivity index (χ0v) is 12.7. The molecule has 0 unspecified atom stereocenters. The summed E-state index contributed by atoms with van der Waals surface area (Å²) in [6.07, 6.45) is 0. The summed E-state index contributed by atoms with van der Waals surface area (Å²) < 4.78 is 6.71. The van der Waals surface area contributed by atoms with Gasteiger partial charge in [0, 0.05) is 24.9 Å². The van der Waals surface area contributed by atoms with E-state index in [2.05, 4.69) is 29.5 Å². The number of nitrogens with one attached hydrogen (secondary N) is 1. The average molecular weight is 287 g/mol. The predicted molar refractivity (Wildman–Crippen MR) is 82.0 cm³/mol. The average Bonchev–Trinajstić information content (AvgIpc) is 2.75. The highest BCUT2D eigenvalue weighted by Gasteiger charge is 2.12. The molecule has 0 aliphatic rings. The minimum absolute atomic E-state index is 0.0897. The summed E-state index contributed by atoms with van der Waals surface area (Å²) in [5.74, 6) is -0.109. The van der Waals surface area contributed by atoms with Crippen molar-refractivity contribution in [3.05, 3.63) is 41.7 Å². The van der Waals surface area contributed by atoms with Gasteiger partial charge in [-0.1, -0.05) is 30.3 Å². The van der Waals surface area contributed by atoms with Crippen LogP contribution in [0.15, 0.2) is 30.3 Å². The van der Waals surface area contributed by atoms with Crippen molar-refractivity contribution < 1.29 is 9.53 Å². The highest BCUT2D eigenvalue weighted by molar-refractivity contribution is 5.77. The summed E-state index contributed by atoms with van der Waals surface area (Å²) in [5, 5.41) is 7.37. The lowest BCUT2D eigenvalue weighted by molar-refractivity contribution is -0.124. The Morgan fingerprint density at radius 2 is 2.00 bits per heavy atom. The van der Waals surface area contributed by atoms with Crippen molar-refractivity contribution >= 4 is 5.91 Å². The van der Waals surface area contributed by atoms with Gasteiger partial charge in [0.2, 0.25) is 5.91 Å². The Balaban J connectivity index is 2.08. The molecule has 2 aromatic rings. The van der Waals surface area contributed by atoms with Gasteiger partial charge in [-0.25, -0.2) is 0 Å². The number of aromatic nitrogens is 2. The first-order valence-electron chi connectivity index (χ1n) is 6.98. The molecule has 0 saturated heterocycles. The number of hydrogen-bond donors (Lipinski definition) is 1. The molecule has 5 heteroatoms. The Hall–Kier alpha value is -2.14. The van der Waals surface area contributed by atoms with Crippen LogP contribution in [0.1, 0.15) is 11.4 Å². The monoisotopic (exact) mass is 287 g/mol. The minimum atomic E-state index is -0.109. The Morgan fingerprint density at radius 3 is 2.67 bits per heavy atom. The van der Waals surface area contributed by atoms with Gasteiger partial charge >= 0.3 is 0 Å². The van der Waals surface area contributed by atoms with E-state index in [1.54, 1.807) is 0 Å². The van der Waals surface area contributed by atoms with Gasteiger partial charge in [-0.2, -0.15) is 5.10 Å². The van der Waals surface area contributed by atoms with E-state index in [4.69, 9.17) is 4.74 Å². The van der Waals surface area contributed by atoms with E-state index in [0.717, 1.165) is 11.4 Å². The number of nitrogens with zero attached hydrogens (tertiary/aromatic N) is 2. The second-order valence-electron chi connectivity index (χ2n) is 4.92. The Bertz CT molecular complexity index is 605. The standard InChI is InChI=1S/C16H21N3O2/c1-12-16(14-7-5-4-6-8-14)13(2)19(18-12)10-9-17-15(20)11-21-3/h4-8H,9-11H2,1-3H3,(H,17,20). The number of methoxy groups -OCH3 is 1. The SMILES string of the molecule is COCC(=O)NCCn1nc(C)c(-c2ccccc2)c1C. The lowest BCUT2D eigenvalue weighted by Gasteiger charge is -2.07. The molecule has 0 aliphatic carbocycles. The maximum absolute atomic E-state index is 11.3. The molecule has 21 heavy (non-hydrogen) atoms. The molecule has 0 radical (unpaired) electrons. The van der Waals surface area contributed by atoms with Crippen LogP contribution in [-0.4, -0.2) is 35.9 Å². The molecule has 2 rings (SSSR count). The van der Waals surface area contributed by atoms with E-state index in [0.29, 0.717) is 13.1 Å². The van der Waals surface area contributed by atoms with E-state index in [9.17, 15) is 4.79 Å². The van der Waals surface area contributed by atoms with Crippen LogP contribution >= 0.6 is 0 Å². The molecule has 0 spiro atoms. The fourth-order valence-corrected chi connectivity index (χ4v) is 2.42. The molecule has 1 heterocycles. The minimum Gasteiger partial charge on any atom is -0.375 e. The van der Waals surface area contributed by atoms with Crippen LogP contribution in [-0.2, 0) is 16.1 Å². The zero-order chi connectivity index (χ0) is 15.2. The first kappa shape index (κ1) is 15.3. The summed E-state index contributed by atoms with van der Waals surface area (Å²) >= 11 is 0. The number of amides is 1. The van der Waals surface area contributed by atoms with Gasteiger partial charge in [0.25, 0.3) is 0 Å². The summed E-state index contributed by atoms with van der Waals surface area (Å²) in [4.78, 5) is 11.3. The predicted octanol–water partition coefficient (Wildman–Crippen LogP) is 1.93. The van der Waals surface area contributed by atoms with Crippen molar-refractivity contribution in [2.45, 2.75) is 20.4 Å². The Labute approximate surface area is 124 Å². The molecular weight excluding hydrogens is 266 g/mol. The number of rotatable bonds is 6. The number of benzene rings is 1. The van der Waals surface area contributed by atoms with E-state index in [-0.39, 0.29) is 12.5 Å². The lowest BCUT2D eigenvalue weighted by atomic mass is 10.0. The van der Waals surface area contributed by atoms with Crippen LogP contribution in [0.25, 0.3) is 11.1 Å². The third-order valence-corrected chi connectivity index (χ3v) is 3.37. The highest BCUT2D eigenvalue weighted by Crippen LogP contribution is 2.26. The van der Waals surface area contributed by atoms with Crippen molar-refractivity contribution in [2.75, 3.05) is 20.3 Å². The van der Waals surface area contributed by atoms with Gasteiger partial charge in [-0.15, -0.1) is 0 Å². The molecular formula is C16H21N3O2. The van der Waals surface area contributed by atoms with Gasteiger partial charge in [0.15, 0.2) is 0 Å². The highest BCUT2D eigenvalue weighted by atomic mass is 16.5. The Morgan fingerprint density at radius 1 is 1.29 bits per heavy atom. The van der Waals surface area contributed by atoms with Gasteiger partial charge in [0.1, 0.15) is 6.61 Å². The summed E-state index contributed by atoms with van der Waals surface area (Å²) in [6.45, 7) is 5.34. The second kappa shape index (κ2) is 7.04. The number of carbonyl (C=O) groups excluding carboxylic acids is 1. The second-order valence-corrected chi connectivity index (χ2v) is 4.92. The van der Waals surface area contributed by atoms with Crippen molar-refractivity contribution in [1.29, 1.82) is 0 Å². The molecule has 112 valence electrons. The third kappa shape index (κ3) is 3.70. The van der Waals surface area contributed by atoms with E-state index < -0.39 is 0 Å². The molecule has 0 aliphatic heterocycles. The topological polar surface area (TPSA) is 56.1 Å². The summed E-state index contributed by atoms with van der Waals surface area (Å²) in [5.41, 5.74) is 4.45. The van der Waals surface area contributed by atoms with Crippen LogP contribution in [0.4, 0.5) is 0 Å². The van der Waals surface area contributed by atoms with E-state index >= 15 is 0 Å². The first-order valence-corrected chi connectivity index (χ1v) is 6.98. The fourth-order valence-electron chi connectivity index (χ4n) is 2.42. The fraction of sp³-hybridized carbons (Fsp3) is 0.375. The van der Waals surface area contributed by atoms with Crippen LogP contribution in [0.5, 0.6) is 0 Å². The first-order chi connectivity index (χ1) is 10.1. The molecule has 0 fully saturated rings. The number of ether oxygens (including phenoxy) is 1. The molecule has 5 nitrogen and oxygen atoms in total. The quantitative estimate of drug-likeness (QED) is 0.883. The van der Waals surface area contributed by atoms with Crippen LogP contribution in [0, 0.1) is 13.8 Å². The maximum atomic E-state index is 11.3. The molecule has 0 bridgehead atoms. The zero-order valence-electron chi connectivity index (χ0n) is 12.7. The number of aryl methyl sites for hydroxylation is 1. The molecule has 0 saturated carbocycles. The van der Waals surface area contributed by atoms with Crippen molar-refractivity contribution in [2.24, 2.45) is 0 Å². The molecule has 1 aromatic heterocycles. The lowest BCUT2D eigenvalue weighted by Crippen LogP contribution is -2.30. The number of hydrogen-bond acceptors (Lipinski definition) is 3. The molecule has 1 aromatic carbocycles. The van der Waals surface area contributed by atoms with Crippen molar-refractivity contribution in [1.82, 2.24) is 15.1 Å². The van der Waals surface area contributed by atoms with Crippen LogP contribution in [0.3, 0.4) is 0 Å². The smallest absolute Gasteiger partial charge is 0.246 e. The van der Waals surface area contributed by atoms with Gasteiger partial charge < -0.3 is 10.1 Å². The third-order valence-electron chi connectivity index (χ3n) is 3.37. The van der Waals surface area contributed by atoms with Crippen LogP contribution in [0.2, 0.25) is 0 Å². The van der Waals surface area contributed by atoms with Crippen molar-refractivity contribution in [3.8, 4) is 11.1 Å². The number of carbonyl (C=O) groups is 1. The summed E-state index contributed by atoms with van der Waals surface area (Å²) in [7, 11) is 1.51. The van der Waals surface area contributed by atoms with Crippen LogP contribution < -0.4 is 5.32 Å². The van der Waals surface area contributed by atoms with Crippen molar-refractivity contribution in [3.63, 3.8) is 0 Å². The maximum Gasteiger partial charge on any atom is 0.246 e. The van der Waals surface area contributed by atoms with Gasteiger partial charge in [-0.05, 0) is 19.4 Å².